The molecule has 1 N–H and O–H groups in total. The maximum atomic E-state index is 4.93. The molecule has 0 bridgehead atoms. The van der Waals surface area contributed by atoms with Gasteiger partial charge in [0.05, 0.1) is 18.3 Å². The maximum Gasteiger partial charge on any atom is 0.183 e. The van der Waals surface area contributed by atoms with Gasteiger partial charge in [-0.25, -0.2) is 4.98 Å². The summed E-state index contributed by atoms with van der Waals surface area (Å²) >= 11 is 1.76. The van der Waals surface area contributed by atoms with Gasteiger partial charge in [0.15, 0.2) is 5.13 Å². The molecule has 0 saturated heterocycles. The first-order valence-electron chi connectivity index (χ1n) is 8.46. The molecular weight excluding hydrogens is 328 g/mol. The summed E-state index contributed by atoms with van der Waals surface area (Å²) in [7, 11) is -1.14. The number of nitrogens with zero attached hydrogens (tertiary/aromatic N) is 1. The zero-order valence-corrected chi connectivity index (χ0v) is 17.3. The van der Waals surface area contributed by atoms with Crippen LogP contribution in [0.25, 0.3) is 21.3 Å². The Kier molecular flexibility index (Phi) is 4.54. The molecule has 0 aliphatic carbocycles. The topological polar surface area (TPSA) is 24.9 Å². The molecule has 0 spiro atoms. The van der Waals surface area contributed by atoms with Crippen LogP contribution in [-0.4, -0.2) is 19.2 Å². The summed E-state index contributed by atoms with van der Waals surface area (Å²) in [5.74, 6) is 0. The van der Waals surface area contributed by atoms with E-state index in [9.17, 15) is 0 Å². The molecule has 0 fully saturated rings. The molecule has 2 aromatic carbocycles. The van der Waals surface area contributed by atoms with Gasteiger partial charge in [-0.15, -0.1) is 0 Å². The van der Waals surface area contributed by atoms with Crippen molar-refractivity contribution in [3.63, 3.8) is 0 Å². The Morgan fingerprint density at radius 1 is 1.04 bits per heavy atom. The van der Waals surface area contributed by atoms with E-state index >= 15 is 0 Å². The average molecular weight is 355 g/mol. The molecule has 1 aromatic heterocycles. The molecule has 24 heavy (non-hydrogen) atoms. The van der Waals surface area contributed by atoms with Crippen molar-refractivity contribution in [2.45, 2.75) is 40.4 Å². The number of anilines is 1. The summed E-state index contributed by atoms with van der Waals surface area (Å²) in [4.78, 5) is 4.93. The minimum atomic E-state index is -1.14. The van der Waals surface area contributed by atoms with Crippen LogP contribution in [0, 0.1) is 20.8 Å². The van der Waals surface area contributed by atoms with Crippen LogP contribution in [0.5, 0.6) is 0 Å². The van der Waals surface area contributed by atoms with Gasteiger partial charge in [0.2, 0.25) is 0 Å². The third-order valence-electron chi connectivity index (χ3n) is 4.14. The van der Waals surface area contributed by atoms with E-state index in [0.29, 0.717) is 0 Å². The number of nitrogens with one attached hydrogen (secondary N) is 1. The summed E-state index contributed by atoms with van der Waals surface area (Å²) in [5, 5.41) is 4.60. The van der Waals surface area contributed by atoms with Crippen LogP contribution in [0.2, 0.25) is 19.6 Å². The fourth-order valence-electron chi connectivity index (χ4n) is 3.17. The zero-order chi connectivity index (χ0) is 17.5. The van der Waals surface area contributed by atoms with Gasteiger partial charge >= 0.3 is 0 Å². The van der Waals surface area contributed by atoms with E-state index in [1.54, 1.807) is 11.3 Å². The van der Waals surface area contributed by atoms with E-state index in [1.807, 2.05) is 0 Å². The summed E-state index contributed by atoms with van der Waals surface area (Å²) in [6.07, 6.45) is 1.06. The van der Waals surface area contributed by atoms with Crippen molar-refractivity contribution < 1.29 is 0 Å². The summed E-state index contributed by atoms with van der Waals surface area (Å²) in [5.41, 5.74) is 7.66. The monoisotopic (exact) mass is 354 g/mol. The molecule has 0 amide bonds. The van der Waals surface area contributed by atoms with E-state index < -0.39 is 8.07 Å². The molecule has 3 rings (SSSR count). The standard InChI is InChI=1S/C20H26N2SSi/c1-13-10-14(2)18(15(3)11-13)16-8-7-9-17-19(16)22-20(23-17)21-12-24(4,5)6/h7-11H,12H2,1-6H3,(H,21,22). The molecule has 0 saturated carbocycles. The van der Waals surface area contributed by atoms with E-state index in [-0.39, 0.29) is 0 Å². The molecule has 2 nitrogen and oxygen atoms in total. The second-order valence-corrected chi connectivity index (χ2v) is 14.4. The normalized spacial score (nSPS) is 11.9. The van der Waals surface area contributed by atoms with Gasteiger partial charge in [0, 0.05) is 11.7 Å². The van der Waals surface area contributed by atoms with Gasteiger partial charge < -0.3 is 5.32 Å². The summed E-state index contributed by atoms with van der Waals surface area (Å²) in [6, 6.07) is 11.1. The van der Waals surface area contributed by atoms with Crippen LogP contribution in [0.1, 0.15) is 16.7 Å². The summed E-state index contributed by atoms with van der Waals surface area (Å²) in [6.45, 7) is 13.7. The van der Waals surface area contributed by atoms with Crippen LogP contribution >= 0.6 is 11.3 Å². The van der Waals surface area contributed by atoms with Crippen molar-refractivity contribution in [1.29, 1.82) is 0 Å². The fraction of sp³-hybridized carbons (Fsp3) is 0.350. The molecular formula is C20H26N2SSi. The second kappa shape index (κ2) is 6.34. The molecule has 0 unspecified atom stereocenters. The molecule has 3 aromatic rings. The van der Waals surface area contributed by atoms with Crippen LogP contribution in [0.15, 0.2) is 30.3 Å². The van der Waals surface area contributed by atoms with Gasteiger partial charge in [-0.1, -0.05) is 60.8 Å². The number of hydrogen-bond donors (Lipinski definition) is 1. The smallest absolute Gasteiger partial charge is 0.183 e. The molecule has 1 heterocycles. The van der Waals surface area contributed by atoms with Crippen LogP contribution in [-0.2, 0) is 0 Å². The Balaban J connectivity index is 2.08. The summed E-state index contributed by atoms with van der Waals surface area (Å²) < 4.78 is 1.25. The minimum Gasteiger partial charge on any atom is -0.364 e. The minimum absolute atomic E-state index is 1.04. The van der Waals surface area contributed by atoms with Crippen molar-refractivity contribution in [3.05, 3.63) is 47.0 Å². The molecule has 0 atom stereocenters. The number of benzene rings is 2. The second-order valence-electron chi connectivity index (χ2n) is 7.86. The first-order chi connectivity index (χ1) is 11.2. The van der Waals surface area contributed by atoms with Gasteiger partial charge in [-0.3, -0.25) is 0 Å². The quantitative estimate of drug-likeness (QED) is 0.566. The Morgan fingerprint density at radius 2 is 1.71 bits per heavy atom. The highest BCUT2D eigenvalue weighted by molar-refractivity contribution is 7.22. The number of para-hydroxylation sites is 1. The van der Waals surface area contributed by atoms with Gasteiger partial charge in [0.25, 0.3) is 0 Å². The van der Waals surface area contributed by atoms with Crippen molar-refractivity contribution in [2.75, 3.05) is 11.5 Å². The number of hydrogen-bond acceptors (Lipinski definition) is 3. The van der Waals surface area contributed by atoms with Gasteiger partial charge in [0.1, 0.15) is 0 Å². The lowest BCUT2D eigenvalue weighted by Gasteiger charge is -2.15. The van der Waals surface area contributed by atoms with Gasteiger partial charge in [-0.05, 0) is 43.5 Å². The number of fused-ring (bicyclic) bond motifs is 1. The molecule has 126 valence electrons. The Morgan fingerprint density at radius 3 is 2.33 bits per heavy atom. The van der Waals surface area contributed by atoms with E-state index in [0.717, 1.165) is 16.8 Å². The van der Waals surface area contributed by atoms with E-state index in [1.165, 1.54) is 32.5 Å². The van der Waals surface area contributed by atoms with Gasteiger partial charge in [-0.2, -0.15) is 0 Å². The van der Waals surface area contributed by atoms with Crippen LogP contribution in [0.3, 0.4) is 0 Å². The Labute approximate surface area is 150 Å². The Bertz CT molecular complexity index is 867. The van der Waals surface area contributed by atoms with E-state index in [2.05, 4.69) is 76.1 Å². The van der Waals surface area contributed by atoms with Crippen molar-refractivity contribution >= 4 is 34.8 Å². The van der Waals surface area contributed by atoms with Crippen molar-refractivity contribution in [3.8, 4) is 11.1 Å². The highest BCUT2D eigenvalue weighted by atomic mass is 32.1. The molecule has 0 radical (unpaired) electrons. The third kappa shape index (κ3) is 3.55. The SMILES string of the molecule is Cc1cc(C)c(-c2cccc3sc(NC[Si](C)(C)C)nc23)c(C)c1. The first-order valence-corrected chi connectivity index (χ1v) is 13.0. The lowest BCUT2D eigenvalue weighted by molar-refractivity contribution is 1.31. The lowest BCUT2D eigenvalue weighted by atomic mass is 9.93. The highest BCUT2D eigenvalue weighted by Crippen LogP contribution is 2.37. The molecule has 4 heteroatoms. The number of rotatable bonds is 4. The van der Waals surface area contributed by atoms with E-state index in [4.69, 9.17) is 4.98 Å². The molecule has 0 aliphatic heterocycles. The average Bonchev–Trinajstić information content (AvgIpc) is 2.87. The predicted octanol–water partition coefficient (Wildman–Crippen LogP) is 6.18. The number of thiazole rings is 1. The number of aromatic nitrogens is 1. The van der Waals surface area contributed by atoms with Crippen molar-refractivity contribution in [2.24, 2.45) is 0 Å². The largest absolute Gasteiger partial charge is 0.364 e. The predicted molar refractivity (Wildman–Crippen MR) is 111 cm³/mol. The number of aryl methyl sites for hydroxylation is 3. The molecule has 0 aliphatic rings. The van der Waals surface area contributed by atoms with Crippen LogP contribution in [0.4, 0.5) is 5.13 Å². The highest BCUT2D eigenvalue weighted by Gasteiger charge is 2.16. The first kappa shape index (κ1) is 17.2. The zero-order valence-electron chi connectivity index (χ0n) is 15.4. The lowest BCUT2D eigenvalue weighted by Crippen LogP contribution is -2.31. The van der Waals surface area contributed by atoms with Crippen LogP contribution < -0.4 is 5.32 Å². The maximum absolute atomic E-state index is 4.93. The van der Waals surface area contributed by atoms with Crippen molar-refractivity contribution in [1.82, 2.24) is 4.98 Å². The Hall–Kier alpha value is -1.65. The third-order valence-corrected chi connectivity index (χ3v) is 6.35. The fourth-order valence-corrected chi connectivity index (χ4v) is 4.89.